The van der Waals surface area contributed by atoms with Crippen molar-refractivity contribution in [1.29, 1.82) is 0 Å². The molecule has 0 radical (unpaired) electrons. The van der Waals surface area contributed by atoms with Crippen LogP contribution in [0.25, 0.3) is 16.6 Å². The molecule has 0 aliphatic heterocycles. The van der Waals surface area contributed by atoms with Crippen LogP contribution in [0.2, 0.25) is 0 Å². The molecule has 9 nitrogen and oxygen atoms in total. The number of rotatable bonds is 7. The van der Waals surface area contributed by atoms with E-state index >= 15 is 0 Å². The average molecular weight is 479 g/mol. The van der Waals surface area contributed by atoms with Crippen LogP contribution in [0.4, 0.5) is 0 Å². The highest BCUT2D eigenvalue weighted by atomic mass is 32.1. The Morgan fingerprint density at radius 3 is 2.79 bits per heavy atom. The molecule has 10 heteroatoms. The maximum Gasteiger partial charge on any atom is 0.330 e. The number of aromatic nitrogens is 3. The first kappa shape index (κ1) is 23.0. The Hall–Kier alpha value is -4.18. The summed E-state index contributed by atoms with van der Waals surface area (Å²) in [6, 6.07) is 13.6. The summed E-state index contributed by atoms with van der Waals surface area (Å²) < 4.78 is 11.4. The maximum absolute atomic E-state index is 12.6. The van der Waals surface area contributed by atoms with Crippen molar-refractivity contribution in [2.24, 2.45) is 4.99 Å². The summed E-state index contributed by atoms with van der Waals surface area (Å²) in [5.74, 6) is -0.441. The SMILES string of the molecule is COC(=O)C(Cc1c[nH]c2ccccc12)N=Cc1c(O)n(-c2cccc(OC)c2)c(=S)[nH]c1=O. The third-order valence-electron chi connectivity index (χ3n) is 5.38. The summed E-state index contributed by atoms with van der Waals surface area (Å²) in [5, 5.41) is 11.9. The monoisotopic (exact) mass is 478 g/mol. The van der Waals surface area contributed by atoms with E-state index in [1.165, 1.54) is 18.8 Å². The first-order valence-corrected chi connectivity index (χ1v) is 10.7. The second-order valence-electron chi connectivity index (χ2n) is 7.41. The van der Waals surface area contributed by atoms with Crippen LogP contribution in [0.5, 0.6) is 11.6 Å². The summed E-state index contributed by atoms with van der Waals surface area (Å²) >= 11 is 5.25. The minimum Gasteiger partial charge on any atom is -0.497 e. The van der Waals surface area contributed by atoms with Gasteiger partial charge in [-0.2, -0.15) is 0 Å². The van der Waals surface area contributed by atoms with Gasteiger partial charge in [-0.1, -0.05) is 24.3 Å². The van der Waals surface area contributed by atoms with Crippen LogP contribution < -0.4 is 10.3 Å². The quantitative estimate of drug-likeness (QED) is 0.213. The summed E-state index contributed by atoms with van der Waals surface area (Å²) in [7, 11) is 2.79. The number of carbonyl (C=O) groups excluding carboxylic acids is 1. The van der Waals surface area contributed by atoms with Gasteiger partial charge < -0.3 is 19.6 Å². The molecular formula is C24H22N4O5S. The molecule has 0 spiro atoms. The highest BCUT2D eigenvalue weighted by Crippen LogP contribution is 2.23. The number of nitrogens with zero attached hydrogens (tertiary/aromatic N) is 2. The van der Waals surface area contributed by atoms with E-state index in [4.69, 9.17) is 21.7 Å². The highest BCUT2D eigenvalue weighted by molar-refractivity contribution is 7.71. The molecule has 1 unspecified atom stereocenters. The van der Waals surface area contributed by atoms with Crippen LogP contribution in [0, 0.1) is 4.77 Å². The van der Waals surface area contributed by atoms with Crippen LogP contribution in [0.1, 0.15) is 11.1 Å². The van der Waals surface area contributed by atoms with Gasteiger partial charge in [0.1, 0.15) is 11.3 Å². The van der Waals surface area contributed by atoms with Crippen LogP contribution >= 0.6 is 12.2 Å². The number of aromatic hydroxyl groups is 1. The van der Waals surface area contributed by atoms with Gasteiger partial charge in [0.2, 0.25) is 5.88 Å². The molecule has 1 atom stereocenters. The average Bonchev–Trinajstić information content (AvgIpc) is 3.25. The number of aromatic amines is 2. The predicted octanol–water partition coefficient (Wildman–Crippen LogP) is 3.29. The summed E-state index contributed by atoms with van der Waals surface area (Å²) in [5.41, 5.74) is 1.49. The van der Waals surface area contributed by atoms with Crippen molar-refractivity contribution in [3.8, 4) is 17.3 Å². The first-order valence-electron chi connectivity index (χ1n) is 10.3. The predicted molar refractivity (Wildman–Crippen MR) is 131 cm³/mol. The number of aliphatic imine (C=N–C) groups is 1. The lowest BCUT2D eigenvalue weighted by atomic mass is 10.1. The Kier molecular flexibility index (Phi) is 6.60. The molecule has 174 valence electrons. The third-order valence-corrected chi connectivity index (χ3v) is 5.66. The topological polar surface area (TPSA) is 122 Å². The first-order chi connectivity index (χ1) is 16.4. The van der Waals surface area contributed by atoms with Gasteiger partial charge in [0.25, 0.3) is 5.56 Å². The van der Waals surface area contributed by atoms with E-state index in [1.54, 1.807) is 24.3 Å². The molecule has 2 heterocycles. The third kappa shape index (κ3) is 4.48. The molecule has 0 amide bonds. The molecule has 4 aromatic rings. The van der Waals surface area contributed by atoms with E-state index < -0.39 is 23.5 Å². The van der Waals surface area contributed by atoms with E-state index in [2.05, 4.69) is 15.0 Å². The largest absolute Gasteiger partial charge is 0.497 e. The van der Waals surface area contributed by atoms with Gasteiger partial charge in [0, 0.05) is 35.8 Å². The van der Waals surface area contributed by atoms with E-state index in [1.807, 2.05) is 30.5 Å². The molecule has 0 aliphatic carbocycles. The molecule has 34 heavy (non-hydrogen) atoms. The molecule has 3 N–H and O–H groups in total. The van der Waals surface area contributed by atoms with E-state index in [0.717, 1.165) is 22.7 Å². The number of benzene rings is 2. The fourth-order valence-electron chi connectivity index (χ4n) is 3.65. The fraction of sp³-hybridized carbons (Fsp3) is 0.167. The lowest BCUT2D eigenvalue weighted by Crippen LogP contribution is -2.24. The lowest BCUT2D eigenvalue weighted by Gasteiger charge is -2.13. The fourth-order valence-corrected chi connectivity index (χ4v) is 3.93. The normalized spacial score (nSPS) is 12.2. The Morgan fingerprint density at radius 1 is 1.24 bits per heavy atom. The minimum absolute atomic E-state index is 0.00351. The number of nitrogens with one attached hydrogen (secondary N) is 2. The number of hydrogen-bond donors (Lipinski definition) is 3. The Balaban J connectivity index is 1.73. The van der Waals surface area contributed by atoms with E-state index in [0.29, 0.717) is 11.4 Å². The molecule has 4 rings (SSSR count). The molecule has 0 saturated heterocycles. The van der Waals surface area contributed by atoms with Gasteiger partial charge in [-0.15, -0.1) is 0 Å². The molecule has 0 saturated carbocycles. The summed E-state index contributed by atoms with van der Waals surface area (Å²) in [6.45, 7) is 0. The van der Waals surface area contributed by atoms with E-state index in [-0.39, 0.29) is 16.8 Å². The van der Waals surface area contributed by atoms with Crippen molar-refractivity contribution >= 4 is 35.3 Å². The van der Waals surface area contributed by atoms with Crippen LogP contribution in [0.3, 0.4) is 0 Å². The standard InChI is InChI=1S/C24H22N4O5S/c1-32-16-7-5-6-15(11-16)28-22(30)18(21(29)27-24(28)34)13-26-20(23(31)33-2)10-14-12-25-19-9-4-3-8-17(14)19/h3-9,11-13,20,25,30H,10H2,1-2H3,(H,27,29,34). The zero-order valence-electron chi connectivity index (χ0n) is 18.4. The van der Waals surface area contributed by atoms with E-state index in [9.17, 15) is 14.7 Å². The van der Waals surface area contributed by atoms with Gasteiger partial charge >= 0.3 is 5.97 Å². The number of para-hydroxylation sites is 1. The molecule has 2 aromatic heterocycles. The van der Waals surface area contributed by atoms with Gasteiger partial charge in [0.05, 0.1) is 19.9 Å². The number of methoxy groups -OCH3 is 2. The summed E-state index contributed by atoms with van der Waals surface area (Å²) in [4.78, 5) is 35.0. The number of esters is 1. The van der Waals surface area contributed by atoms with Gasteiger partial charge in [0.15, 0.2) is 10.8 Å². The van der Waals surface area contributed by atoms with Gasteiger partial charge in [-0.3, -0.25) is 19.3 Å². The van der Waals surface area contributed by atoms with Crippen LogP contribution in [-0.2, 0) is 16.0 Å². The Morgan fingerprint density at radius 2 is 2.03 bits per heavy atom. The van der Waals surface area contributed by atoms with Crippen molar-refractivity contribution in [1.82, 2.24) is 14.5 Å². The van der Waals surface area contributed by atoms with Crippen molar-refractivity contribution < 1.29 is 19.4 Å². The zero-order valence-corrected chi connectivity index (χ0v) is 19.3. The molecule has 0 bridgehead atoms. The zero-order chi connectivity index (χ0) is 24.2. The van der Waals surface area contributed by atoms with Crippen molar-refractivity contribution in [2.75, 3.05) is 14.2 Å². The smallest absolute Gasteiger partial charge is 0.330 e. The second-order valence-corrected chi connectivity index (χ2v) is 7.80. The molecule has 0 fully saturated rings. The Bertz CT molecular complexity index is 1500. The van der Waals surface area contributed by atoms with Gasteiger partial charge in [-0.05, 0) is 36.0 Å². The highest BCUT2D eigenvalue weighted by Gasteiger charge is 2.21. The second kappa shape index (κ2) is 9.75. The number of ether oxygens (including phenoxy) is 2. The number of carbonyl (C=O) groups is 1. The Labute approximate surface area is 199 Å². The van der Waals surface area contributed by atoms with Crippen molar-refractivity contribution in [3.05, 3.63) is 81.0 Å². The maximum atomic E-state index is 12.6. The van der Waals surface area contributed by atoms with Crippen molar-refractivity contribution in [3.63, 3.8) is 0 Å². The molecular weight excluding hydrogens is 456 g/mol. The number of H-pyrrole nitrogens is 2. The number of fused-ring (bicyclic) bond motifs is 1. The molecule has 0 aliphatic rings. The lowest BCUT2D eigenvalue weighted by molar-refractivity contribution is -0.142. The van der Waals surface area contributed by atoms with Crippen LogP contribution in [-0.4, -0.2) is 52.1 Å². The van der Waals surface area contributed by atoms with Gasteiger partial charge in [-0.25, -0.2) is 4.79 Å². The van der Waals surface area contributed by atoms with Crippen LogP contribution in [0.15, 0.2) is 64.5 Å². The number of hydrogen-bond acceptors (Lipinski definition) is 7. The van der Waals surface area contributed by atoms with Crippen molar-refractivity contribution in [2.45, 2.75) is 12.5 Å². The minimum atomic E-state index is -0.934. The summed E-state index contributed by atoms with van der Waals surface area (Å²) in [6.07, 6.45) is 3.21. The molecule has 2 aromatic carbocycles.